The van der Waals surface area contributed by atoms with Gasteiger partial charge in [0.25, 0.3) is 0 Å². The fraction of sp³-hybridized carbons (Fsp3) is 1.00. The summed E-state index contributed by atoms with van der Waals surface area (Å²) in [5.74, 6) is -0.354. The standard InChI is InChI=1S/C15H34O3Si/c1-6-15(16-7-2,17-8-3)13-11-9-10-12-14(4,5)18-19/h6-13H2,1-5,19H3. The van der Waals surface area contributed by atoms with E-state index in [0.717, 1.165) is 49.4 Å². The molecule has 0 rings (SSSR count). The smallest absolute Gasteiger partial charge is 0.167 e. The summed E-state index contributed by atoms with van der Waals surface area (Å²) in [5, 5.41) is 0. The predicted molar refractivity (Wildman–Crippen MR) is 84.5 cm³/mol. The second-order valence-corrected chi connectivity index (χ2v) is 6.06. The molecule has 0 aromatic carbocycles. The maximum atomic E-state index is 5.85. The van der Waals surface area contributed by atoms with Crippen LogP contribution in [0.15, 0.2) is 0 Å². The van der Waals surface area contributed by atoms with Gasteiger partial charge in [-0.2, -0.15) is 0 Å². The molecule has 19 heavy (non-hydrogen) atoms. The number of hydrogen-bond donors (Lipinski definition) is 0. The molecule has 0 aromatic heterocycles. The van der Waals surface area contributed by atoms with Gasteiger partial charge < -0.3 is 13.9 Å². The lowest BCUT2D eigenvalue weighted by Gasteiger charge is -2.32. The van der Waals surface area contributed by atoms with Crippen LogP contribution in [-0.2, 0) is 13.9 Å². The van der Waals surface area contributed by atoms with Crippen molar-refractivity contribution in [2.24, 2.45) is 0 Å². The Hall–Kier alpha value is 0.0969. The van der Waals surface area contributed by atoms with Crippen molar-refractivity contribution in [1.29, 1.82) is 0 Å². The second kappa shape index (κ2) is 9.92. The molecule has 0 aliphatic carbocycles. The van der Waals surface area contributed by atoms with Crippen molar-refractivity contribution in [2.75, 3.05) is 13.2 Å². The highest BCUT2D eigenvalue weighted by molar-refractivity contribution is 5.98. The Labute approximate surface area is 122 Å². The number of rotatable bonds is 12. The lowest BCUT2D eigenvalue weighted by molar-refractivity contribution is -0.239. The minimum absolute atomic E-state index is 0.0634. The summed E-state index contributed by atoms with van der Waals surface area (Å²) >= 11 is 0. The number of ether oxygens (including phenoxy) is 2. The van der Waals surface area contributed by atoms with E-state index in [1.54, 1.807) is 0 Å². The van der Waals surface area contributed by atoms with Gasteiger partial charge in [-0.3, -0.25) is 0 Å². The summed E-state index contributed by atoms with van der Waals surface area (Å²) in [6.07, 6.45) is 6.64. The molecule has 0 saturated heterocycles. The average molecular weight is 291 g/mol. The maximum absolute atomic E-state index is 5.85. The molecule has 0 saturated carbocycles. The van der Waals surface area contributed by atoms with Gasteiger partial charge in [-0.1, -0.05) is 19.8 Å². The van der Waals surface area contributed by atoms with Gasteiger partial charge >= 0.3 is 0 Å². The van der Waals surface area contributed by atoms with E-state index < -0.39 is 0 Å². The van der Waals surface area contributed by atoms with Crippen molar-refractivity contribution >= 4 is 10.5 Å². The van der Waals surface area contributed by atoms with Crippen LogP contribution in [0.4, 0.5) is 0 Å². The highest BCUT2D eigenvalue weighted by atomic mass is 28.2. The highest BCUT2D eigenvalue weighted by Gasteiger charge is 2.28. The van der Waals surface area contributed by atoms with Gasteiger partial charge in [0.2, 0.25) is 0 Å². The van der Waals surface area contributed by atoms with Gasteiger partial charge in [0.05, 0.1) is 0 Å². The first-order valence-corrected chi connectivity index (χ1v) is 8.60. The zero-order valence-corrected chi connectivity index (χ0v) is 15.9. The molecular weight excluding hydrogens is 256 g/mol. The molecule has 0 aliphatic heterocycles. The highest BCUT2D eigenvalue weighted by Crippen LogP contribution is 2.26. The van der Waals surface area contributed by atoms with Crippen LogP contribution in [0.1, 0.15) is 73.1 Å². The van der Waals surface area contributed by atoms with Crippen LogP contribution in [0.25, 0.3) is 0 Å². The minimum atomic E-state index is -0.354. The van der Waals surface area contributed by atoms with Crippen LogP contribution in [0, 0.1) is 0 Å². The molecule has 0 N–H and O–H groups in total. The molecular formula is C15H34O3Si. The fourth-order valence-corrected chi connectivity index (χ4v) is 2.52. The summed E-state index contributed by atoms with van der Waals surface area (Å²) in [4.78, 5) is 0. The molecule has 0 spiro atoms. The van der Waals surface area contributed by atoms with Crippen molar-refractivity contribution in [2.45, 2.75) is 84.5 Å². The Morgan fingerprint density at radius 3 is 1.79 bits per heavy atom. The predicted octanol–water partition coefficient (Wildman–Crippen LogP) is 3.19. The quantitative estimate of drug-likeness (QED) is 0.314. The van der Waals surface area contributed by atoms with Gasteiger partial charge in [-0.25, -0.2) is 0 Å². The first-order valence-electron chi connectivity index (χ1n) is 7.78. The van der Waals surface area contributed by atoms with E-state index in [4.69, 9.17) is 13.9 Å². The summed E-state index contributed by atoms with van der Waals surface area (Å²) < 4.78 is 17.3. The van der Waals surface area contributed by atoms with Crippen molar-refractivity contribution in [3.8, 4) is 0 Å². The van der Waals surface area contributed by atoms with E-state index in [9.17, 15) is 0 Å². The van der Waals surface area contributed by atoms with E-state index in [1.165, 1.54) is 12.8 Å². The number of hydrogen-bond acceptors (Lipinski definition) is 3. The fourth-order valence-electron chi connectivity index (χ4n) is 2.32. The van der Waals surface area contributed by atoms with Crippen molar-refractivity contribution in [3.63, 3.8) is 0 Å². The summed E-state index contributed by atoms with van der Waals surface area (Å²) in [5.41, 5.74) is 0.0634. The molecule has 0 bridgehead atoms. The molecule has 0 aromatic rings. The molecule has 0 atom stereocenters. The third-order valence-corrected chi connectivity index (χ3v) is 4.85. The molecule has 3 nitrogen and oxygen atoms in total. The third-order valence-electron chi connectivity index (χ3n) is 3.74. The lowest BCUT2D eigenvalue weighted by Crippen LogP contribution is -2.35. The molecule has 0 heterocycles. The van der Waals surface area contributed by atoms with E-state index >= 15 is 0 Å². The lowest BCUT2D eigenvalue weighted by atomic mass is 9.98. The maximum Gasteiger partial charge on any atom is 0.167 e. The molecule has 4 heteroatoms. The Morgan fingerprint density at radius 2 is 1.37 bits per heavy atom. The zero-order valence-electron chi connectivity index (χ0n) is 13.9. The first kappa shape index (κ1) is 19.1. The van der Waals surface area contributed by atoms with Crippen LogP contribution >= 0.6 is 0 Å². The van der Waals surface area contributed by atoms with E-state index in [1.807, 2.05) is 13.8 Å². The molecule has 0 aliphatic rings. The summed E-state index contributed by atoms with van der Waals surface area (Å²) in [7, 11) is 0.821. The normalized spacial score (nSPS) is 13.1. The molecule has 116 valence electrons. The van der Waals surface area contributed by atoms with Gasteiger partial charge in [-0.15, -0.1) is 0 Å². The largest absolute Gasteiger partial charge is 0.423 e. The molecule has 0 unspecified atom stereocenters. The summed E-state index contributed by atoms with van der Waals surface area (Å²) in [6, 6.07) is 0. The average Bonchev–Trinajstić information content (AvgIpc) is 2.38. The SMILES string of the molecule is CCOC(CC)(CCCCCC(C)(C)O[SiH3])OCC. The van der Waals surface area contributed by atoms with Crippen LogP contribution in [0.5, 0.6) is 0 Å². The Balaban J connectivity index is 3.99. The van der Waals surface area contributed by atoms with Crippen molar-refractivity contribution < 1.29 is 13.9 Å². The Bertz CT molecular complexity index is 213. The van der Waals surface area contributed by atoms with Gasteiger partial charge in [0, 0.05) is 25.2 Å². The van der Waals surface area contributed by atoms with Crippen LogP contribution in [-0.4, -0.2) is 35.1 Å². The van der Waals surface area contributed by atoms with Crippen molar-refractivity contribution in [1.82, 2.24) is 0 Å². The zero-order chi connectivity index (χ0) is 14.8. The number of unbranched alkanes of at least 4 members (excludes halogenated alkanes) is 2. The third kappa shape index (κ3) is 8.08. The molecule has 0 radical (unpaired) electrons. The van der Waals surface area contributed by atoms with Crippen LogP contribution in [0.3, 0.4) is 0 Å². The first-order chi connectivity index (χ1) is 8.95. The second-order valence-electron chi connectivity index (χ2n) is 5.65. The van der Waals surface area contributed by atoms with E-state index in [-0.39, 0.29) is 11.4 Å². The van der Waals surface area contributed by atoms with Crippen LogP contribution < -0.4 is 0 Å². The topological polar surface area (TPSA) is 27.7 Å². The van der Waals surface area contributed by atoms with Gasteiger partial charge in [0.15, 0.2) is 5.79 Å². The molecule has 0 fully saturated rings. The minimum Gasteiger partial charge on any atom is -0.423 e. The van der Waals surface area contributed by atoms with Crippen molar-refractivity contribution in [3.05, 3.63) is 0 Å². The van der Waals surface area contributed by atoms with Crippen LogP contribution in [0.2, 0.25) is 0 Å². The monoisotopic (exact) mass is 290 g/mol. The van der Waals surface area contributed by atoms with Gasteiger partial charge in [0.1, 0.15) is 10.5 Å². The Kier molecular flexibility index (Phi) is 9.97. The Morgan fingerprint density at radius 1 is 0.842 bits per heavy atom. The van der Waals surface area contributed by atoms with E-state index in [2.05, 4.69) is 20.8 Å². The van der Waals surface area contributed by atoms with Gasteiger partial charge in [-0.05, 0) is 47.0 Å². The summed E-state index contributed by atoms with van der Waals surface area (Å²) in [6.45, 7) is 12.0. The molecule has 0 amide bonds. The van der Waals surface area contributed by atoms with E-state index in [0.29, 0.717) is 0 Å².